The fourth-order valence-corrected chi connectivity index (χ4v) is 2.12. The number of rotatable bonds is 4. The zero-order valence-corrected chi connectivity index (χ0v) is 12.8. The first-order valence-electron chi connectivity index (χ1n) is 7.06. The lowest BCUT2D eigenvalue weighted by molar-refractivity contribution is 0.202. The van der Waals surface area contributed by atoms with Gasteiger partial charge in [0.15, 0.2) is 0 Å². The van der Waals surface area contributed by atoms with Crippen molar-refractivity contribution < 1.29 is 4.74 Å². The summed E-state index contributed by atoms with van der Waals surface area (Å²) >= 11 is 0. The van der Waals surface area contributed by atoms with Gasteiger partial charge in [-0.1, -0.05) is 45.0 Å². The first-order chi connectivity index (χ1) is 9.50. The molecule has 20 heavy (non-hydrogen) atoms. The van der Waals surface area contributed by atoms with Crippen molar-refractivity contribution >= 4 is 0 Å². The van der Waals surface area contributed by atoms with Crippen LogP contribution in [0, 0.1) is 0 Å². The summed E-state index contributed by atoms with van der Waals surface area (Å²) in [4.78, 5) is 4.80. The normalized spacial score (nSPS) is 11.6. The van der Waals surface area contributed by atoms with Crippen molar-refractivity contribution in [2.75, 3.05) is 13.7 Å². The second kappa shape index (κ2) is 6.19. The molecule has 2 aromatic rings. The van der Waals surface area contributed by atoms with E-state index in [4.69, 9.17) is 9.72 Å². The van der Waals surface area contributed by atoms with E-state index in [0.717, 1.165) is 24.4 Å². The largest absolute Gasteiger partial charge is 0.384 e. The monoisotopic (exact) mass is 269 g/mol. The topological polar surface area (TPSA) is 22.1 Å². The van der Waals surface area contributed by atoms with Crippen LogP contribution in [0.3, 0.4) is 0 Å². The summed E-state index contributed by atoms with van der Waals surface area (Å²) in [6.07, 6.45) is 0.934. The Balaban J connectivity index is 2.32. The van der Waals surface area contributed by atoms with Crippen LogP contribution in [0.5, 0.6) is 0 Å². The second-order valence-corrected chi connectivity index (χ2v) is 6.10. The van der Waals surface area contributed by atoms with E-state index in [2.05, 4.69) is 63.2 Å². The quantitative estimate of drug-likeness (QED) is 0.828. The smallest absolute Gasteiger partial charge is 0.0705 e. The summed E-state index contributed by atoms with van der Waals surface area (Å²) in [6.45, 7) is 7.31. The number of pyridine rings is 1. The minimum atomic E-state index is 0.0731. The van der Waals surface area contributed by atoms with E-state index in [-0.39, 0.29) is 5.41 Å². The van der Waals surface area contributed by atoms with Gasteiger partial charge in [0, 0.05) is 23.8 Å². The Morgan fingerprint density at radius 2 is 1.80 bits per heavy atom. The summed E-state index contributed by atoms with van der Waals surface area (Å²) in [6, 6.07) is 14.8. The van der Waals surface area contributed by atoms with Crippen LogP contribution in [0.15, 0.2) is 42.5 Å². The maximum atomic E-state index is 5.14. The molecule has 106 valence electrons. The number of aromatic nitrogens is 1. The van der Waals surface area contributed by atoms with Crippen molar-refractivity contribution in [3.05, 3.63) is 53.7 Å². The van der Waals surface area contributed by atoms with Gasteiger partial charge in [0.05, 0.1) is 12.3 Å². The molecule has 0 fully saturated rings. The van der Waals surface area contributed by atoms with E-state index in [0.29, 0.717) is 0 Å². The molecule has 0 unspecified atom stereocenters. The Labute approximate surface area is 121 Å². The van der Waals surface area contributed by atoms with E-state index in [1.165, 1.54) is 11.1 Å². The molecule has 0 radical (unpaired) electrons. The minimum absolute atomic E-state index is 0.0731. The molecule has 0 saturated carbocycles. The molecule has 0 N–H and O–H groups in total. The van der Waals surface area contributed by atoms with Gasteiger partial charge < -0.3 is 4.74 Å². The first-order valence-corrected chi connectivity index (χ1v) is 7.06. The van der Waals surface area contributed by atoms with E-state index in [9.17, 15) is 0 Å². The highest BCUT2D eigenvalue weighted by Gasteiger charge is 2.15. The number of hydrogen-bond donors (Lipinski definition) is 0. The van der Waals surface area contributed by atoms with E-state index in [1.54, 1.807) is 7.11 Å². The standard InChI is InChI=1S/C18H23NO/c1-18(2,3)17-10-6-9-16(19-17)15-8-5-7-14(13-15)11-12-20-4/h5-10,13H,11-12H2,1-4H3. The van der Waals surface area contributed by atoms with Gasteiger partial charge in [-0.2, -0.15) is 0 Å². The molecule has 1 aromatic carbocycles. The van der Waals surface area contributed by atoms with Crippen LogP contribution in [0.2, 0.25) is 0 Å². The van der Waals surface area contributed by atoms with Crippen LogP contribution < -0.4 is 0 Å². The molecule has 0 aliphatic heterocycles. The fourth-order valence-electron chi connectivity index (χ4n) is 2.12. The molecule has 2 nitrogen and oxygen atoms in total. The Kier molecular flexibility index (Phi) is 4.56. The van der Waals surface area contributed by atoms with Crippen LogP contribution in [-0.2, 0) is 16.6 Å². The van der Waals surface area contributed by atoms with Gasteiger partial charge in [0.2, 0.25) is 0 Å². The number of hydrogen-bond acceptors (Lipinski definition) is 2. The van der Waals surface area contributed by atoms with Gasteiger partial charge in [0.1, 0.15) is 0 Å². The second-order valence-electron chi connectivity index (χ2n) is 6.10. The van der Waals surface area contributed by atoms with Crippen LogP contribution in [-0.4, -0.2) is 18.7 Å². The van der Waals surface area contributed by atoms with Crippen molar-refractivity contribution in [2.45, 2.75) is 32.6 Å². The maximum Gasteiger partial charge on any atom is 0.0705 e. The summed E-state index contributed by atoms with van der Waals surface area (Å²) < 4.78 is 5.14. The van der Waals surface area contributed by atoms with Crippen LogP contribution in [0.1, 0.15) is 32.0 Å². The number of nitrogens with zero attached hydrogens (tertiary/aromatic N) is 1. The van der Waals surface area contributed by atoms with Gasteiger partial charge in [-0.25, -0.2) is 0 Å². The summed E-state index contributed by atoms with van der Waals surface area (Å²) in [5.41, 5.74) is 4.69. The molecule has 1 heterocycles. The van der Waals surface area contributed by atoms with Gasteiger partial charge in [-0.05, 0) is 30.2 Å². The van der Waals surface area contributed by atoms with Crippen LogP contribution in [0.4, 0.5) is 0 Å². The third-order valence-corrected chi connectivity index (χ3v) is 3.34. The zero-order valence-electron chi connectivity index (χ0n) is 12.8. The SMILES string of the molecule is COCCc1cccc(-c2cccc(C(C)(C)C)n2)c1. The van der Waals surface area contributed by atoms with Crippen molar-refractivity contribution in [3.63, 3.8) is 0 Å². The zero-order chi connectivity index (χ0) is 14.6. The average Bonchev–Trinajstić information content (AvgIpc) is 2.45. The van der Waals surface area contributed by atoms with Gasteiger partial charge >= 0.3 is 0 Å². The van der Waals surface area contributed by atoms with Gasteiger partial charge in [-0.15, -0.1) is 0 Å². The van der Waals surface area contributed by atoms with Gasteiger partial charge in [-0.3, -0.25) is 4.98 Å². The van der Waals surface area contributed by atoms with Crippen LogP contribution >= 0.6 is 0 Å². The highest BCUT2D eigenvalue weighted by Crippen LogP contribution is 2.24. The lowest BCUT2D eigenvalue weighted by Crippen LogP contribution is -2.13. The Bertz CT molecular complexity index is 570. The molecule has 0 aliphatic rings. The maximum absolute atomic E-state index is 5.14. The molecule has 0 amide bonds. The number of methoxy groups -OCH3 is 1. The molecule has 1 aromatic heterocycles. The minimum Gasteiger partial charge on any atom is -0.384 e. The molecular weight excluding hydrogens is 246 g/mol. The molecular formula is C18H23NO. The first kappa shape index (κ1) is 14.7. The van der Waals surface area contributed by atoms with Crippen molar-refractivity contribution in [1.29, 1.82) is 0 Å². The molecule has 2 rings (SSSR count). The Morgan fingerprint density at radius 1 is 1.05 bits per heavy atom. The molecule has 0 saturated heterocycles. The number of benzene rings is 1. The predicted molar refractivity (Wildman–Crippen MR) is 84.0 cm³/mol. The summed E-state index contributed by atoms with van der Waals surface area (Å²) in [5.74, 6) is 0. The lowest BCUT2D eigenvalue weighted by Gasteiger charge is -2.18. The molecule has 2 heteroatoms. The van der Waals surface area contributed by atoms with Gasteiger partial charge in [0.25, 0.3) is 0 Å². The third kappa shape index (κ3) is 3.67. The average molecular weight is 269 g/mol. The third-order valence-electron chi connectivity index (χ3n) is 3.34. The summed E-state index contributed by atoms with van der Waals surface area (Å²) in [7, 11) is 1.73. The fraction of sp³-hybridized carbons (Fsp3) is 0.389. The van der Waals surface area contributed by atoms with E-state index < -0.39 is 0 Å². The Morgan fingerprint density at radius 3 is 2.50 bits per heavy atom. The highest BCUT2D eigenvalue weighted by molar-refractivity contribution is 5.60. The molecule has 0 spiro atoms. The van der Waals surface area contributed by atoms with E-state index in [1.807, 2.05) is 0 Å². The van der Waals surface area contributed by atoms with Crippen molar-refractivity contribution in [2.24, 2.45) is 0 Å². The molecule has 0 aliphatic carbocycles. The molecule has 0 bridgehead atoms. The van der Waals surface area contributed by atoms with Crippen LogP contribution in [0.25, 0.3) is 11.3 Å². The van der Waals surface area contributed by atoms with Crippen molar-refractivity contribution in [3.8, 4) is 11.3 Å². The number of ether oxygens (including phenoxy) is 1. The van der Waals surface area contributed by atoms with Crippen molar-refractivity contribution in [1.82, 2.24) is 4.98 Å². The van der Waals surface area contributed by atoms with E-state index >= 15 is 0 Å². The molecule has 0 atom stereocenters. The summed E-state index contributed by atoms with van der Waals surface area (Å²) in [5, 5.41) is 0. The lowest BCUT2D eigenvalue weighted by atomic mass is 9.91. The highest BCUT2D eigenvalue weighted by atomic mass is 16.5. The predicted octanol–water partition coefficient (Wildman–Crippen LogP) is 4.24. The Hall–Kier alpha value is -1.67.